The minimum absolute atomic E-state index is 0.863. The maximum Gasteiger partial charge on any atom is 0.0149 e. The van der Waals surface area contributed by atoms with Crippen molar-refractivity contribution < 1.29 is 0 Å². The predicted molar refractivity (Wildman–Crippen MR) is 61.4 cm³/mol. The third-order valence-corrected chi connectivity index (χ3v) is 6.16. The molecule has 0 spiro atoms. The van der Waals surface area contributed by atoms with E-state index in [1.807, 2.05) is 0 Å². The molecule has 4 rings (SSSR count). The molecule has 1 heteroatoms. The normalized spacial score (nSPS) is 61.2. The van der Waals surface area contributed by atoms with Crippen molar-refractivity contribution in [1.29, 1.82) is 0 Å². The number of hydrogen-bond acceptors (Lipinski definition) is 1. The lowest BCUT2D eigenvalue weighted by Crippen LogP contribution is -2.37. The molecule has 0 radical (unpaired) electrons. The molecule has 0 N–H and O–H groups in total. The lowest BCUT2D eigenvalue weighted by molar-refractivity contribution is 0.163. The Kier molecular flexibility index (Phi) is 1.57. The molecule has 0 amide bonds. The van der Waals surface area contributed by atoms with Gasteiger partial charge in [-0.1, -0.05) is 13.8 Å². The Morgan fingerprint density at radius 3 is 2.27 bits per heavy atom. The van der Waals surface area contributed by atoms with Crippen molar-refractivity contribution in [2.75, 3.05) is 13.6 Å². The van der Waals surface area contributed by atoms with Gasteiger partial charge >= 0.3 is 0 Å². The van der Waals surface area contributed by atoms with Crippen molar-refractivity contribution in [3.63, 3.8) is 0 Å². The molecule has 0 aromatic heterocycles. The molecule has 4 fully saturated rings. The van der Waals surface area contributed by atoms with E-state index < -0.39 is 0 Å². The minimum Gasteiger partial charge on any atom is -0.303 e. The molecule has 15 heavy (non-hydrogen) atoms. The molecule has 2 bridgehead atoms. The second kappa shape index (κ2) is 2.61. The first-order valence-electron chi connectivity index (χ1n) is 6.88. The van der Waals surface area contributed by atoms with E-state index in [2.05, 4.69) is 25.8 Å². The molecule has 3 aliphatic carbocycles. The highest BCUT2D eigenvalue weighted by Crippen LogP contribution is 2.72. The summed E-state index contributed by atoms with van der Waals surface area (Å²) in [5.41, 5.74) is 0. The van der Waals surface area contributed by atoms with Crippen LogP contribution in [0.15, 0.2) is 0 Å². The number of likely N-dealkylation sites (tertiary alicyclic amines) is 1. The highest BCUT2D eigenvalue weighted by Gasteiger charge is 2.68. The molecule has 4 aliphatic rings. The average Bonchev–Trinajstić information content (AvgIpc) is 2.62. The van der Waals surface area contributed by atoms with Crippen LogP contribution < -0.4 is 0 Å². The van der Waals surface area contributed by atoms with Gasteiger partial charge < -0.3 is 4.90 Å². The van der Waals surface area contributed by atoms with Crippen LogP contribution in [0.25, 0.3) is 0 Å². The summed E-state index contributed by atoms with van der Waals surface area (Å²) in [6, 6.07) is 0.909. The molecular weight excluding hydrogens is 182 g/mol. The lowest BCUT2D eigenvalue weighted by Gasteiger charge is -2.32. The van der Waals surface area contributed by atoms with E-state index in [1.165, 1.54) is 18.4 Å². The summed E-state index contributed by atoms with van der Waals surface area (Å²) in [5, 5.41) is 0. The Balaban J connectivity index is 1.69. The van der Waals surface area contributed by atoms with Crippen molar-refractivity contribution in [1.82, 2.24) is 4.90 Å². The van der Waals surface area contributed by atoms with Gasteiger partial charge in [0.2, 0.25) is 0 Å². The van der Waals surface area contributed by atoms with Gasteiger partial charge in [-0.05, 0) is 61.3 Å². The van der Waals surface area contributed by atoms with Gasteiger partial charge in [-0.2, -0.15) is 0 Å². The molecule has 0 aromatic carbocycles. The van der Waals surface area contributed by atoms with Crippen LogP contribution in [-0.2, 0) is 0 Å². The highest BCUT2D eigenvalue weighted by molar-refractivity contribution is 5.17. The van der Waals surface area contributed by atoms with Crippen LogP contribution in [0.4, 0.5) is 0 Å². The van der Waals surface area contributed by atoms with Crippen LogP contribution in [0.2, 0.25) is 0 Å². The largest absolute Gasteiger partial charge is 0.303 e. The molecule has 0 aromatic rings. The van der Waals surface area contributed by atoms with Gasteiger partial charge in [-0.15, -0.1) is 0 Å². The topological polar surface area (TPSA) is 3.24 Å². The molecule has 7 unspecified atom stereocenters. The van der Waals surface area contributed by atoms with Crippen molar-refractivity contribution in [3.8, 4) is 0 Å². The van der Waals surface area contributed by atoms with Crippen molar-refractivity contribution in [2.24, 2.45) is 41.4 Å². The van der Waals surface area contributed by atoms with Crippen molar-refractivity contribution >= 4 is 0 Å². The standard InChI is InChI=1S/C14H23N/c1-7(2)14-13-11-5-10(8-4-9(8)11)12(13)6-15(14)3/h7-14H,4-6H2,1-3H3. The average molecular weight is 205 g/mol. The van der Waals surface area contributed by atoms with E-state index in [0.717, 1.165) is 35.6 Å². The second-order valence-corrected chi connectivity index (χ2v) is 7.04. The third-order valence-electron chi connectivity index (χ3n) is 6.16. The molecule has 1 nitrogen and oxygen atoms in total. The van der Waals surface area contributed by atoms with Crippen LogP contribution in [0.1, 0.15) is 26.7 Å². The predicted octanol–water partition coefficient (Wildman–Crippen LogP) is 2.47. The fourth-order valence-electron chi connectivity index (χ4n) is 5.89. The van der Waals surface area contributed by atoms with Gasteiger partial charge in [0.05, 0.1) is 0 Å². The maximum atomic E-state index is 2.68. The van der Waals surface area contributed by atoms with Crippen LogP contribution in [0, 0.1) is 41.4 Å². The Bertz CT molecular complexity index is 298. The number of hydrogen-bond donors (Lipinski definition) is 0. The first kappa shape index (κ1) is 9.04. The van der Waals surface area contributed by atoms with Crippen LogP contribution in [0.3, 0.4) is 0 Å². The summed E-state index contributed by atoms with van der Waals surface area (Å²) in [5.74, 6) is 7.71. The van der Waals surface area contributed by atoms with E-state index in [4.69, 9.17) is 0 Å². The molecule has 3 saturated carbocycles. The van der Waals surface area contributed by atoms with E-state index in [1.54, 1.807) is 12.8 Å². The number of fused-ring (bicyclic) bond motifs is 8. The zero-order valence-electron chi connectivity index (χ0n) is 10.2. The van der Waals surface area contributed by atoms with Gasteiger partial charge in [-0.3, -0.25) is 0 Å². The Morgan fingerprint density at radius 2 is 1.53 bits per heavy atom. The number of rotatable bonds is 1. The first-order valence-corrected chi connectivity index (χ1v) is 6.88. The summed E-state index contributed by atoms with van der Waals surface area (Å²) in [4.78, 5) is 2.68. The van der Waals surface area contributed by atoms with Gasteiger partial charge in [0.1, 0.15) is 0 Å². The fourth-order valence-corrected chi connectivity index (χ4v) is 5.89. The summed E-state index contributed by atoms with van der Waals surface area (Å²) in [6.45, 7) is 6.28. The summed E-state index contributed by atoms with van der Waals surface area (Å²) in [6.07, 6.45) is 3.22. The monoisotopic (exact) mass is 205 g/mol. The maximum absolute atomic E-state index is 2.68. The SMILES string of the molecule is CC(C)C1C2C3CC(C4CC43)C2CN1C. The molecule has 1 heterocycles. The highest BCUT2D eigenvalue weighted by atomic mass is 15.2. The molecular formula is C14H23N. The smallest absolute Gasteiger partial charge is 0.0149 e. The van der Waals surface area contributed by atoms with Crippen LogP contribution in [0.5, 0.6) is 0 Å². The van der Waals surface area contributed by atoms with Crippen molar-refractivity contribution in [3.05, 3.63) is 0 Å². The quantitative estimate of drug-likeness (QED) is 0.635. The van der Waals surface area contributed by atoms with Crippen molar-refractivity contribution in [2.45, 2.75) is 32.7 Å². The Morgan fingerprint density at radius 1 is 0.933 bits per heavy atom. The molecule has 1 aliphatic heterocycles. The summed E-state index contributed by atoms with van der Waals surface area (Å²) < 4.78 is 0. The Hall–Kier alpha value is -0.0400. The Labute approximate surface area is 93.2 Å². The molecule has 1 saturated heterocycles. The third kappa shape index (κ3) is 0.945. The van der Waals surface area contributed by atoms with Gasteiger partial charge in [0, 0.05) is 12.6 Å². The molecule has 84 valence electrons. The zero-order valence-corrected chi connectivity index (χ0v) is 10.2. The molecule has 7 atom stereocenters. The van der Waals surface area contributed by atoms with E-state index in [-0.39, 0.29) is 0 Å². The lowest BCUT2D eigenvalue weighted by atomic mass is 9.76. The minimum atomic E-state index is 0.863. The van der Waals surface area contributed by atoms with Gasteiger partial charge in [0.15, 0.2) is 0 Å². The fraction of sp³-hybridized carbons (Fsp3) is 1.00. The first-order chi connectivity index (χ1) is 7.18. The van der Waals surface area contributed by atoms with Crippen LogP contribution in [-0.4, -0.2) is 24.5 Å². The van der Waals surface area contributed by atoms with E-state index in [0.29, 0.717) is 0 Å². The van der Waals surface area contributed by atoms with Gasteiger partial charge in [-0.25, -0.2) is 0 Å². The second-order valence-electron chi connectivity index (χ2n) is 7.04. The van der Waals surface area contributed by atoms with E-state index in [9.17, 15) is 0 Å². The van der Waals surface area contributed by atoms with Gasteiger partial charge in [0.25, 0.3) is 0 Å². The zero-order chi connectivity index (χ0) is 10.3. The summed E-state index contributed by atoms with van der Waals surface area (Å²) >= 11 is 0. The number of nitrogens with zero attached hydrogens (tertiary/aromatic N) is 1. The summed E-state index contributed by atoms with van der Waals surface area (Å²) in [7, 11) is 2.37. The van der Waals surface area contributed by atoms with Crippen LogP contribution >= 0.6 is 0 Å². The van der Waals surface area contributed by atoms with E-state index >= 15 is 0 Å².